The Bertz CT molecular complexity index is 926. The van der Waals surface area contributed by atoms with Gasteiger partial charge in [0.25, 0.3) is 0 Å². The largest absolute Gasteiger partial charge is 0.353 e. The van der Waals surface area contributed by atoms with E-state index in [0.717, 1.165) is 43.9 Å². The molecule has 6 nitrogen and oxygen atoms in total. The van der Waals surface area contributed by atoms with Crippen LogP contribution in [0.3, 0.4) is 0 Å². The van der Waals surface area contributed by atoms with Gasteiger partial charge in [0.05, 0.1) is 5.39 Å². The normalized spacial score (nSPS) is 15.6. The summed E-state index contributed by atoms with van der Waals surface area (Å²) in [6.07, 6.45) is 1.68. The highest BCUT2D eigenvalue weighted by Gasteiger charge is 2.20. The van der Waals surface area contributed by atoms with E-state index < -0.39 is 0 Å². The van der Waals surface area contributed by atoms with E-state index in [4.69, 9.17) is 0 Å². The maximum Gasteiger partial charge on any atom is 0.348 e. The molecule has 1 aromatic carbocycles. The van der Waals surface area contributed by atoms with Crippen molar-refractivity contribution in [2.24, 2.45) is 0 Å². The molecule has 0 unspecified atom stereocenters. The summed E-state index contributed by atoms with van der Waals surface area (Å²) in [6, 6.07) is 12.5. The van der Waals surface area contributed by atoms with Crippen molar-refractivity contribution >= 4 is 16.9 Å². The van der Waals surface area contributed by atoms with Gasteiger partial charge in [0.1, 0.15) is 11.5 Å². The van der Waals surface area contributed by atoms with Crippen molar-refractivity contribution in [1.29, 1.82) is 0 Å². The second-order valence-corrected chi connectivity index (χ2v) is 6.51. The third-order valence-electron chi connectivity index (χ3n) is 4.68. The molecule has 0 saturated carbocycles. The first kappa shape index (κ1) is 15.8. The van der Waals surface area contributed by atoms with Gasteiger partial charge in [-0.25, -0.2) is 9.78 Å². The topological polar surface area (TPSA) is 65.1 Å². The number of rotatable bonds is 3. The quantitative estimate of drug-likeness (QED) is 0.792. The molecule has 0 spiro atoms. The minimum Gasteiger partial charge on any atom is -0.353 e. The number of H-pyrrole nitrogens is 1. The maximum atomic E-state index is 11.8. The Balaban J connectivity index is 1.49. The molecule has 0 amide bonds. The molecule has 1 aliphatic rings. The summed E-state index contributed by atoms with van der Waals surface area (Å²) in [5, 5.41) is 0.897. The molecule has 1 N–H and O–H groups in total. The van der Waals surface area contributed by atoms with Crippen LogP contribution in [0.2, 0.25) is 0 Å². The number of aryl methyl sites for hydroxylation is 1. The summed E-state index contributed by atoms with van der Waals surface area (Å²) in [7, 11) is 0. The van der Waals surface area contributed by atoms with Crippen LogP contribution in [0.5, 0.6) is 0 Å². The number of nitrogens with one attached hydrogen (secondary N) is 1. The Morgan fingerprint density at radius 3 is 2.60 bits per heavy atom. The molecule has 3 aromatic rings. The number of hydrogen-bond donors (Lipinski definition) is 1. The average molecular weight is 335 g/mol. The van der Waals surface area contributed by atoms with Crippen LogP contribution in [0.1, 0.15) is 11.1 Å². The number of fused-ring (bicyclic) bond motifs is 1. The van der Waals surface area contributed by atoms with E-state index in [-0.39, 0.29) is 5.69 Å². The van der Waals surface area contributed by atoms with Crippen LogP contribution in [0.25, 0.3) is 11.0 Å². The van der Waals surface area contributed by atoms with E-state index in [9.17, 15) is 4.79 Å². The fraction of sp³-hybridized carbons (Fsp3) is 0.316. The van der Waals surface area contributed by atoms with Crippen LogP contribution in [0.15, 0.2) is 47.4 Å². The van der Waals surface area contributed by atoms with Gasteiger partial charge < -0.3 is 4.90 Å². The van der Waals surface area contributed by atoms with E-state index in [0.29, 0.717) is 5.65 Å². The third-order valence-corrected chi connectivity index (χ3v) is 4.68. The predicted octanol–water partition coefficient (Wildman–Crippen LogP) is 1.95. The highest BCUT2D eigenvalue weighted by molar-refractivity contribution is 5.86. The number of anilines is 1. The molecule has 0 radical (unpaired) electrons. The van der Waals surface area contributed by atoms with Crippen LogP contribution < -0.4 is 10.6 Å². The summed E-state index contributed by atoms with van der Waals surface area (Å²) in [5.74, 6) is 0.738. The van der Waals surface area contributed by atoms with Gasteiger partial charge >= 0.3 is 5.69 Å². The molecule has 2 aromatic heterocycles. The fourth-order valence-electron chi connectivity index (χ4n) is 3.28. The third kappa shape index (κ3) is 3.39. The van der Waals surface area contributed by atoms with Gasteiger partial charge in [-0.15, -0.1) is 0 Å². The number of nitrogens with zero attached hydrogens (tertiary/aromatic N) is 4. The molecule has 0 atom stereocenters. The van der Waals surface area contributed by atoms with Gasteiger partial charge in [0.2, 0.25) is 0 Å². The van der Waals surface area contributed by atoms with E-state index in [1.54, 1.807) is 6.20 Å². The minimum absolute atomic E-state index is 0.344. The van der Waals surface area contributed by atoms with Gasteiger partial charge in [-0.05, 0) is 24.6 Å². The fourth-order valence-corrected chi connectivity index (χ4v) is 3.28. The molecule has 0 bridgehead atoms. The molecule has 3 heterocycles. The first-order chi connectivity index (χ1) is 12.2. The highest BCUT2D eigenvalue weighted by atomic mass is 16.1. The standard InChI is InChI=1S/C19H21N5O/c1-14-4-6-15(7-5-14)13-23-9-11-24(12-10-23)18-16-3-2-8-20-17(16)21-19(25)22-18/h2-8H,9-13H2,1H3,(H,20,21,22,25). The van der Waals surface area contributed by atoms with Crippen LogP contribution in [-0.2, 0) is 6.54 Å². The molecule has 0 aliphatic carbocycles. The van der Waals surface area contributed by atoms with E-state index in [2.05, 4.69) is 55.9 Å². The predicted molar refractivity (Wildman–Crippen MR) is 98.8 cm³/mol. The molecular formula is C19H21N5O. The summed E-state index contributed by atoms with van der Waals surface area (Å²) < 4.78 is 0. The summed E-state index contributed by atoms with van der Waals surface area (Å²) in [4.78, 5) is 27.6. The van der Waals surface area contributed by atoms with Crippen LogP contribution in [-0.4, -0.2) is 46.0 Å². The zero-order chi connectivity index (χ0) is 17.2. The lowest BCUT2D eigenvalue weighted by Gasteiger charge is -2.35. The Morgan fingerprint density at radius 2 is 1.84 bits per heavy atom. The first-order valence-electron chi connectivity index (χ1n) is 8.57. The van der Waals surface area contributed by atoms with Crippen molar-refractivity contribution in [3.05, 3.63) is 64.2 Å². The molecule has 1 saturated heterocycles. The molecule has 4 rings (SSSR count). The summed E-state index contributed by atoms with van der Waals surface area (Å²) in [5.41, 5.74) is 2.88. The molecule has 25 heavy (non-hydrogen) atoms. The van der Waals surface area contributed by atoms with Crippen molar-refractivity contribution < 1.29 is 0 Å². The average Bonchev–Trinajstić information content (AvgIpc) is 2.63. The number of aromatic amines is 1. The Kier molecular flexibility index (Phi) is 4.19. The lowest BCUT2D eigenvalue weighted by molar-refractivity contribution is 0.249. The van der Waals surface area contributed by atoms with Crippen molar-refractivity contribution in [2.75, 3.05) is 31.1 Å². The summed E-state index contributed by atoms with van der Waals surface area (Å²) in [6.45, 7) is 6.67. The number of aromatic nitrogens is 3. The van der Waals surface area contributed by atoms with Crippen LogP contribution in [0.4, 0.5) is 5.82 Å². The SMILES string of the molecule is Cc1ccc(CN2CCN(c3nc(=O)[nH]c4ncccc34)CC2)cc1. The number of pyridine rings is 1. The van der Waals surface area contributed by atoms with E-state index >= 15 is 0 Å². The molecule has 128 valence electrons. The molecule has 1 aliphatic heterocycles. The molecular weight excluding hydrogens is 314 g/mol. The number of hydrogen-bond acceptors (Lipinski definition) is 5. The van der Waals surface area contributed by atoms with Gasteiger partial charge in [-0.2, -0.15) is 4.98 Å². The zero-order valence-electron chi connectivity index (χ0n) is 14.3. The minimum atomic E-state index is -0.344. The second-order valence-electron chi connectivity index (χ2n) is 6.51. The number of piperazine rings is 1. The monoisotopic (exact) mass is 335 g/mol. The van der Waals surface area contributed by atoms with Crippen LogP contribution in [0, 0.1) is 6.92 Å². The van der Waals surface area contributed by atoms with Gasteiger partial charge in [0, 0.05) is 38.9 Å². The molecule has 1 fully saturated rings. The highest BCUT2D eigenvalue weighted by Crippen LogP contribution is 2.21. The maximum absolute atomic E-state index is 11.8. The van der Waals surface area contributed by atoms with Crippen molar-refractivity contribution in [3.63, 3.8) is 0 Å². The Morgan fingerprint density at radius 1 is 1.08 bits per heavy atom. The van der Waals surface area contributed by atoms with Gasteiger partial charge in [-0.1, -0.05) is 29.8 Å². The lowest BCUT2D eigenvalue weighted by atomic mass is 10.1. The van der Waals surface area contributed by atoms with Crippen molar-refractivity contribution in [3.8, 4) is 0 Å². The van der Waals surface area contributed by atoms with E-state index in [1.807, 2.05) is 12.1 Å². The zero-order valence-corrected chi connectivity index (χ0v) is 14.3. The van der Waals surface area contributed by atoms with Crippen LogP contribution >= 0.6 is 0 Å². The smallest absolute Gasteiger partial charge is 0.348 e. The van der Waals surface area contributed by atoms with Gasteiger partial charge in [0.15, 0.2) is 0 Å². The Hall–Kier alpha value is -2.73. The number of benzene rings is 1. The molecule has 6 heteroatoms. The first-order valence-corrected chi connectivity index (χ1v) is 8.57. The summed E-state index contributed by atoms with van der Waals surface area (Å²) >= 11 is 0. The van der Waals surface area contributed by atoms with Gasteiger partial charge in [-0.3, -0.25) is 9.88 Å². The lowest BCUT2D eigenvalue weighted by Crippen LogP contribution is -2.46. The van der Waals surface area contributed by atoms with Crippen molar-refractivity contribution in [2.45, 2.75) is 13.5 Å². The second kappa shape index (κ2) is 6.64. The van der Waals surface area contributed by atoms with E-state index in [1.165, 1.54) is 11.1 Å². The Labute approximate surface area is 146 Å². The van der Waals surface area contributed by atoms with Crippen molar-refractivity contribution in [1.82, 2.24) is 19.9 Å².